The first kappa shape index (κ1) is 27.6. The Morgan fingerprint density at radius 1 is 1.24 bits per heavy atom. The van der Waals surface area contributed by atoms with Crippen LogP contribution in [0.15, 0.2) is 48.7 Å². The minimum absolute atomic E-state index is 0.0393. The number of sulfonamides is 1. The lowest BCUT2D eigenvalue weighted by Crippen LogP contribution is -2.50. The van der Waals surface area contributed by atoms with Gasteiger partial charge in [-0.15, -0.1) is 0 Å². The molecular weight excluding hydrogens is 511 g/mol. The van der Waals surface area contributed by atoms with Crippen LogP contribution in [0.3, 0.4) is 0 Å². The molecule has 11 heteroatoms. The molecule has 3 aromatic rings. The van der Waals surface area contributed by atoms with Gasteiger partial charge in [-0.3, -0.25) is 13.9 Å². The van der Waals surface area contributed by atoms with E-state index in [0.29, 0.717) is 30.7 Å². The fourth-order valence-corrected chi connectivity index (χ4v) is 6.02. The van der Waals surface area contributed by atoms with Crippen molar-refractivity contribution in [1.82, 2.24) is 15.2 Å². The molecule has 1 aromatic heterocycles. The second-order valence-electron chi connectivity index (χ2n) is 9.31. The molecule has 4 rings (SSSR count). The first-order valence-corrected chi connectivity index (χ1v) is 14.2. The highest BCUT2D eigenvalue weighted by Gasteiger charge is 2.30. The number of hydrogen-bond acceptors (Lipinski definition) is 6. The average molecular weight is 545 g/mol. The molecule has 38 heavy (non-hydrogen) atoms. The van der Waals surface area contributed by atoms with Crippen molar-refractivity contribution >= 4 is 39.0 Å². The van der Waals surface area contributed by atoms with Gasteiger partial charge in [0.2, 0.25) is 10.0 Å². The van der Waals surface area contributed by atoms with Gasteiger partial charge in [0.15, 0.2) is 0 Å². The number of benzene rings is 2. The van der Waals surface area contributed by atoms with Crippen LogP contribution >= 0.6 is 0 Å². The third-order valence-corrected chi connectivity index (χ3v) is 8.66. The van der Waals surface area contributed by atoms with Gasteiger partial charge in [0.1, 0.15) is 12.8 Å². The number of hydrogen-bond donors (Lipinski definition) is 2. The Morgan fingerprint density at radius 2 is 2.00 bits per heavy atom. The van der Waals surface area contributed by atoms with Gasteiger partial charge >= 0.3 is 0 Å². The SMILES string of the molecule is CCc1cn2c3c(cc(C(=O)N[C@@H](Cc4ccccc4)[C@@H](CNCCF)OC=O)cc13)N(C)S(=O)(=O)CC2. The molecule has 0 spiro atoms. The van der Waals surface area contributed by atoms with Crippen molar-refractivity contribution < 1.29 is 27.1 Å². The van der Waals surface area contributed by atoms with Gasteiger partial charge in [-0.1, -0.05) is 37.3 Å². The van der Waals surface area contributed by atoms with Crippen molar-refractivity contribution in [3.63, 3.8) is 0 Å². The summed E-state index contributed by atoms with van der Waals surface area (Å²) >= 11 is 0. The maximum absolute atomic E-state index is 13.7. The Morgan fingerprint density at radius 3 is 2.68 bits per heavy atom. The highest BCUT2D eigenvalue weighted by atomic mass is 32.2. The first-order valence-electron chi connectivity index (χ1n) is 12.6. The van der Waals surface area contributed by atoms with E-state index in [1.807, 2.05) is 48.0 Å². The third-order valence-electron chi connectivity index (χ3n) is 6.94. The van der Waals surface area contributed by atoms with Gasteiger partial charge in [-0.05, 0) is 36.1 Å². The Bertz CT molecular complexity index is 1390. The fraction of sp³-hybridized carbons (Fsp3) is 0.407. The molecule has 204 valence electrons. The summed E-state index contributed by atoms with van der Waals surface area (Å²) in [5, 5.41) is 6.72. The van der Waals surface area contributed by atoms with Crippen LogP contribution in [0.1, 0.15) is 28.4 Å². The number of ether oxygens (including phenoxy) is 1. The Kier molecular flexibility index (Phi) is 8.68. The molecule has 2 atom stereocenters. The van der Waals surface area contributed by atoms with E-state index in [1.165, 1.54) is 11.4 Å². The summed E-state index contributed by atoms with van der Waals surface area (Å²) < 4.78 is 46.9. The summed E-state index contributed by atoms with van der Waals surface area (Å²) in [5.74, 6) is -0.471. The van der Waals surface area contributed by atoms with Crippen LogP contribution in [0.5, 0.6) is 0 Å². The van der Waals surface area contributed by atoms with E-state index in [1.54, 1.807) is 12.1 Å². The highest BCUT2D eigenvalue weighted by molar-refractivity contribution is 7.92. The van der Waals surface area contributed by atoms with E-state index in [9.17, 15) is 22.4 Å². The van der Waals surface area contributed by atoms with Crippen LogP contribution in [0, 0.1) is 0 Å². The first-order chi connectivity index (χ1) is 18.3. The van der Waals surface area contributed by atoms with Crippen LogP contribution in [0.2, 0.25) is 0 Å². The molecule has 0 bridgehead atoms. The second kappa shape index (κ2) is 12.0. The topological polar surface area (TPSA) is 110 Å². The number of nitrogens with zero attached hydrogens (tertiary/aromatic N) is 2. The number of carbonyl (C=O) groups excluding carboxylic acids is 2. The van der Waals surface area contributed by atoms with Crippen LogP contribution in [-0.4, -0.2) is 70.1 Å². The van der Waals surface area contributed by atoms with Crippen LogP contribution in [0.25, 0.3) is 10.9 Å². The summed E-state index contributed by atoms with van der Waals surface area (Å²) in [5.41, 5.74) is 3.45. The molecule has 0 aliphatic carbocycles. The minimum Gasteiger partial charge on any atom is -0.461 e. The Balaban J connectivity index is 1.72. The van der Waals surface area contributed by atoms with E-state index in [4.69, 9.17) is 4.74 Å². The van der Waals surface area contributed by atoms with E-state index >= 15 is 0 Å². The summed E-state index contributed by atoms with van der Waals surface area (Å²) in [7, 11) is -2.06. The number of halogens is 1. The molecule has 1 amide bonds. The molecule has 0 radical (unpaired) electrons. The second-order valence-corrected chi connectivity index (χ2v) is 11.4. The molecule has 1 aliphatic rings. The molecule has 9 nitrogen and oxygen atoms in total. The van der Waals surface area contributed by atoms with E-state index in [0.717, 1.165) is 28.5 Å². The van der Waals surface area contributed by atoms with Crippen molar-refractivity contribution in [2.24, 2.45) is 0 Å². The van der Waals surface area contributed by atoms with Gasteiger partial charge in [0.25, 0.3) is 12.4 Å². The zero-order chi connectivity index (χ0) is 27.3. The normalized spacial score (nSPS) is 16.0. The molecule has 2 aromatic carbocycles. The maximum atomic E-state index is 13.7. The maximum Gasteiger partial charge on any atom is 0.293 e. The van der Waals surface area contributed by atoms with Crippen molar-refractivity contribution in [3.05, 3.63) is 65.4 Å². The molecule has 2 heterocycles. The molecule has 0 unspecified atom stereocenters. The number of aromatic nitrogens is 1. The lowest BCUT2D eigenvalue weighted by molar-refractivity contribution is -0.134. The molecular formula is C27H33FN4O5S. The molecule has 1 aliphatic heterocycles. The van der Waals surface area contributed by atoms with Crippen molar-refractivity contribution in [3.8, 4) is 0 Å². The molecule has 2 N–H and O–H groups in total. The minimum atomic E-state index is -3.56. The molecule has 0 saturated heterocycles. The number of aryl methyl sites for hydroxylation is 2. The molecule has 0 saturated carbocycles. The zero-order valence-corrected chi connectivity index (χ0v) is 22.3. The van der Waals surface area contributed by atoms with Gasteiger partial charge in [-0.2, -0.15) is 0 Å². The third kappa shape index (κ3) is 5.83. The lowest BCUT2D eigenvalue weighted by Gasteiger charge is -2.27. The number of amides is 1. The zero-order valence-electron chi connectivity index (χ0n) is 21.5. The lowest BCUT2D eigenvalue weighted by atomic mass is 9.99. The summed E-state index contributed by atoms with van der Waals surface area (Å²) in [4.78, 5) is 25.0. The predicted molar refractivity (Wildman–Crippen MR) is 145 cm³/mol. The number of carbonyl (C=O) groups is 2. The Labute approximate surface area is 222 Å². The number of nitrogens with one attached hydrogen (secondary N) is 2. The summed E-state index contributed by atoms with van der Waals surface area (Å²) in [6.45, 7) is 2.32. The quantitative estimate of drug-likeness (QED) is 0.268. The monoisotopic (exact) mass is 544 g/mol. The van der Waals surface area contributed by atoms with Gasteiger partial charge < -0.3 is 19.9 Å². The van der Waals surface area contributed by atoms with Gasteiger partial charge in [-0.25, -0.2) is 12.8 Å². The summed E-state index contributed by atoms with van der Waals surface area (Å²) in [6, 6.07) is 12.2. The van der Waals surface area contributed by atoms with Crippen LogP contribution in [0.4, 0.5) is 10.1 Å². The van der Waals surface area contributed by atoms with Gasteiger partial charge in [0.05, 0.1) is 23.0 Å². The number of anilines is 1. The van der Waals surface area contributed by atoms with Crippen LogP contribution in [-0.2, 0) is 38.9 Å². The highest BCUT2D eigenvalue weighted by Crippen LogP contribution is 2.35. The van der Waals surface area contributed by atoms with E-state index in [-0.39, 0.29) is 18.8 Å². The van der Waals surface area contributed by atoms with E-state index in [2.05, 4.69) is 10.6 Å². The molecule has 0 fully saturated rings. The fourth-order valence-electron chi connectivity index (χ4n) is 4.88. The smallest absolute Gasteiger partial charge is 0.293 e. The average Bonchev–Trinajstić information content (AvgIpc) is 3.24. The van der Waals surface area contributed by atoms with Crippen molar-refractivity contribution in [2.75, 3.05) is 36.9 Å². The van der Waals surface area contributed by atoms with E-state index < -0.39 is 34.8 Å². The predicted octanol–water partition coefficient (Wildman–Crippen LogP) is 2.43. The Hall–Kier alpha value is -3.44. The van der Waals surface area contributed by atoms with Crippen LogP contribution < -0.4 is 14.9 Å². The largest absolute Gasteiger partial charge is 0.461 e. The standard InChI is InChI=1S/C27H33FN4O5S/c1-3-20-17-32-11-12-38(35,36)31(2)24-15-21(14-22(20)26(24)32)27(34)30-23(13-19-7-5-4-6-8-19)25(37-18-33)16-29-10-9-28/h4-8,14-15,17-18,23,25,29H,3,9-13,16H2,1-2H3,(H,30,34)/t23-,25+/m0/s1. The van der Waals surface area contributed by atoms with Gasteiger partial charge in [0, 0.05) is 43.8 Å². The number of alkyl halides is 1. The summed E-state index contributed by atoms with van der Waals surface area (Å²) in [6.07, 6.45) is 2.27. The van der Waals surface area contributed by atoms with Crippen molar-refractivity contribution in [2.45, 2.75) is 38.5 Å². The number of rotatable bonds is 12. The van der Waals surface area contributed by atoms with Crippen molar-refractivity contribution in [1.29, 1.82) is 0 Å².